The molecule has 0 unspecified atom stereocenters. The number of ether oxygens (including phenoxy) is 1. The molecule has 0 bridgehead atoms. The summed E-state index contributed by atoms with van der Waals surface area (Å²) in [6.45, 7) is 1.75. The number of unbranched alkanes of at least 4 members (excludes halogenated alkanes) is 1. The maximum absolute atomic E-state index is 13.1. The third kappa shape index (κ3) is 2.95. The lowest BCUT2D eigenvalue weighted by molar-refractivity contribution is 0.0485. The van der Waals surface area contributed by atoms with E-state index in [1.165, 1.54) is 0 Å². The van der Waals surface area contributed by atoms with Crippen LogP contribution in [-0.2, 0) is 4.74 Å². The largest absolute Gasteiger partial charge is 0.462 e. The Morgan fingerprint density at radius 1 is 1.18 bits per heavy atom. The molecule has 0 aliphatic rings. The summed E-state index contributed by atoms with van der Waals surface area (Å²) in [5, 5.41) is 0. The van der Waals surface area contributed by atoms with E-state index in [4.69, 9.17) is 0 Å². The second-order valence-corrected chi connectivity index (χ2v) is 3.33. The van der Waals surface area contributed by atoms with E-state index in [0.717, 1.165) is 0 Å². The van der Waals surface area contributed by atoms with Crippen molar-refractivity contribution in [1.82, 2.24) is 0 Å². The Morgan fingerprint density at radius 2 is 1.71 bits per heavy atom. The topological polar surface area (TPSA) is 26.3 Å². The van der Waals surface area contributed by atoms with Crippen LogP contribution in [0.1, 0.15) is 30.1 Å². The van der Waals surface area contributed by atoms with Gasteiger partial charge in [0, 0.05) is 6.07 Å². The number of hydrogen-bond donors (Lipinski definition) is 0. The third-order valence-electron chi connectivity index (χ3n) is 2.05. The SMILES string of the molecule is CCCCOC(=O)c1c(F)c(F)cc(F)c1F. The molecule has 1 rings (SSSR count). The average Bonchev–Trinajstić information content (AvgIpc) is 2.27. The van der Waals surface area contributed by atoms with Gasteiger partial charge in [-0.3, -0.25) is 0 Å². The van der Waals surface area contributed by atoms with Crippen LogP contribution in [0.2, 0.25) is 0 Å². The zero-order chi connectivity index (χ0) is 13.0. The molecule has 0 saturated carbocycles. The highest BCUT2D eigenvalue weighted by Crippen LogP contribution is 2.20. The number of carbonyl (C=O) groups excluding carboxylic acids is 1. The summed E-state index contributed by atoms with van der Waals surface area (Å²) < 4.78 is 56.3. The van der Waals surface area contributed by atoms with Gasteiger partial charge >= 0.3 is 5.97 Å². The maximum atomic E-state index is 13.1. The fraction of sp³-hybridized carbons (Fsp3) is 0.364. The highest BCUT2D eigenvalue weighted by atomic mass is 19.2. The highest BCUT2D eigenvalue weighted by molar-refractivity contribution is 5.90. The highest BCUT2D eigenvalue weighted by Gasteiger charge is 2.25. The molecule has 0 N–H and O–H groups in total. The van der Waals surface area contributed by atoms with E-state index in [0.29, 0.717) is 12.8 Å². The predicted molar refractivity (Wildman–Crippen MR) is 51.5 cm³/mol. The summed E-state index contributed by atoms with van der Waals surface area (Å²) in [5.74, 6) is -8.17. The Bertz CT molecular complexity index is 406. The summed E-state index contributed by atoms with van der Waals surface area (Å²) in [6, 6.07) is 0.0352. The van der Waals surface area contributed by atoms with Crippen LogP contribution in [0.25, 0.3) is 0 Å². The minimum Gasteiger partial charge on any atom is -0.462 e. The number of esters is 1. The molecular weight excluding hydrogens is 240 g/mol. The number of carbonyl (C=O) groups is 1. The van der Waals surface area contributed by atoms with Crippen molar-refractivity contribution >= 4 is 5.97 Å². The summed E-state index contributed by atoms with van der Waals surface area (Å²) in [7, 11) is 0. The second kappa shape index (κ2) is 5.65. The number of benzene rings is 1. The lowest BCUT2D eigenvalue weighted by Gasteiger charge is -2.07. The molecule has 0 amide bonds. The van der Waals surface area contributed by atoms with Gasteiger partial charge in [-0.1, -0.05) is 13.3 Å². The maximum Gasteiger partial charge on any atom is 0.344 e. The minimum absolute atomic E-state index is 0.0352. The molecule has 2 nitrogen and oxygen atoms in total. The fourth-order valence-electron chi connectivity index (χ4n) is 1.13. The van der Waals surface area contributed by atoms with Crippen molar-refractivity contribution in [2.75, 3.05) is 6.61 Å². The van der Waals surface area contributed by atoms with Crippen LogP contribution in [0.15, 0.2) is 6.07 Å². The van der Waals surface area contributed by atoms with Crippen molar-refractivity contribution in [2.24, 2.45) is 0 Å². The molecule has 0 aromatic heterocycles. The van der Waals surface area contributed by atoms with Gasteiger partial charge < -0.3 is 4.74 Å². The van der Waals surface area contributed by atoms with Crippen molar-refractivity contribution in [3.05, 3.63) is 34.9 Å². The average molecular weight is 250 g/mol. The molecule has 0 atom stereocenters. The molecular formula is C11H10F4O2. The van der Waals surface area contributed by atoms with Crippen LogP contribution in [0.5, 0.6) is 0 Å². The first-order chi connectivity index (χ1) is 7.99. The second-order valence-electron chi connectivity index (χ2n) is 3.33. The quantitative estimate of drug-likeness (QED) is 0.355. The number of hydrogen-bond acceptors (Lipinski definition) is 2. The predicted octanol–water partition coefficient (Wildman–Crippen LogP) is 3.20. The normalized spacial score (nSPS) is 10.4. The van der Waals surface area contributed by atoms with Gasteiger partial charge in [0.1, 0.15) is 5.56 Å². The molecule has 0 radical (unpaired) electrons. The first-order valence-corrected chi connectivity index (χ1v) is 4.99. The van der Waals surface area contributed by atoms with Gasteiger partial charge in [0.25, 0.3) is 0 Å². The smallest absolute Gasteiger partial charge is 0.344 e. The molecule has 0 heterocycles. The van der Waals surface area contributed by atoms with Gasteiger partial charge in [-0.25, -0.2) is 22.4 Å². The van der Waals surface area contributed by atoms with E-state index in [1.54, 1.807) is 0 Å². The Hall–Kier alpha value is -1.59. The molecule has 1 aromatic carbocycles. The standard InChI is InChI=1S/C11H10F4O2/c1-2-3-4-17-11(16)8-9(14)6(12)5-7(13)10(8)15/h5H,2-4H2,1H3. The van der Waals surface area contributed by atoms with E-state index in [1.807, 2.05) is 6.92 Å². The Kier molecular flexibility index (Phi) is 4.48. The van der Waals surface area contributed by atoms with Crippen molar-refractivity contribution in [1.29, 1.82) is 0 Å². The van der Waals surface area contributed by atoms with Crippen LogP contribution in [-0.4, -0.2) is 12.6 Å². The molecule has 1 aromatic rings. The minimum atomic E-state index is -1.75. The third-order valence-corrected chi connectivity index (χ3v) is 2.05. The van der Waals surface area contributed by atoms with Crippen molar-refractivity contribution in [3.8, 4) is 0 Å². The first kappa shape index (κ1) is 13.5. The molecule has 6 heteroatoms. The van der Waals surface area contributed by atoms with Crippen LogP contribution < -0.4 is 0 Å². The molecule has 0 aliphatic carbocycles. The Labute approximate surface area is 95.2 Å². The van der Waals surface area contributed by atoms with E-state index >= 15 is 0 Å². The van der Waals surface area contributed by atoms with Gasteiger partial charge in [0.05, 0.1) is 6.61 Å². The zero-order valence-electron chi connectivity index (χ0n) is 9.03. The molecule has 0 aliphatic heterocycles. The summed E-state index contributed by atoms with van der Waals surface area (Å²) in [4.78, 5) is 11.2. The molecule has 17 heavy (non-hydrogen) atoms. The summed E-state index contributed by atoms with van der Waals surface area (Å²) >= 11 is 0. The van der Waals surface area contributed by atoms with Gasteiger partial charge in [0.15, 0.2) is 23.3 Å². The lowest BCUT2D eigenvalue weighted by Crippen LogP contribution is -2.13. The van der Waals surface area contributed by atoms with E-state index in [9.17, 15) is 22.4 Å². The first-order valence-electron chi connectivity index (χ1n) is 4.99. The van der Waals surface area contributed by atoms with E-state index in [2.05, 4.69) is 4.74 Å². The molecule has 0 saturated heterocycles. The van der Waals surface area contributed by atoms with Crippen LogP contribution >= 0.6 is 0 Å². The van der Waals surface area contributed by atoms with Crippen LogP contribution in [0.4, 0.5) is 17.6 Å². The van der Waals surface area contributed by atoms with Crippen LogP contribution in [0.3, 0.4) is 0 Å². The fourth-order valence-corrected chi connectivity index (χ4v) is 1.13. The van der Waals surface area contributed by atoms with Crippen molar-refractivity contribution in [3.63, 3.8) is 0 Å². The summed E-state index contributed by atoms with van der Waals surface area (Å²) in [6.07, 6.45) is 1.20. The Balaban J connectivity index is 3.00. The zero-order valence-corrected chi connectivity index (χ0v) is 9.03. The van der Waals surface area contributed by atoms with E-state index < -0.39 is 34.8 Å². The van der Waals surface area contributed by atoms with Crippen molar-refractivity contribution in [2.45, 2.75) is 19.8 Å². The van der Waals surface area contributed by atoms with Gasteiger partial charge in [-0.2, -0.15) is 0 Å². The Morgan fingerprint density at radius 3 is 2.18 bits per heavy atom. The molecule has 94 valence electrons. The lowest BCUT2D eigenvalue weighted by atomic mass is 10.2. The van der Waals surface area contributed by atoms with Crippen LogP contribution in [0, 0.1) is 23.3 Å². The monoisotopic (exact) mass is 250 g/mol. The van der Waals surface area contributed by atoms with Gasteiger partial charge in [-0.05, 0) is 6.42 Å². The summed E-state index contributed by atoms with van der Waals surface area (Å²) in [5.41, 5.74) is -1.33. The van der Waals surface area contributed by atoms with Gasteiger partial charge in [0.2, 0.25) is 0 Å². The number of rotatable bonds is 4. The molecule has 0 fully saturated rings. The number of halogens is 4. The van der Waals surface area contributed by atoms with Gasteiger partial charge in [-0.15, -0.1) is 0 Å². The van der Waals surface area contributed by atoms with Crippen molar-refractivity contribution < 1.29 is 27.1 Å². The molecule has 0 spiro atoms. The van der Waals surface area contributed by atoms with E-state index in [-0.39, 0.29) is 12.7 Å².